The lowest BCUT2D eigenvalue weighted by Gasteiger charge is -2.34. The van der Waals surface area contributed by atoms with E-state index in [1.165, 1.54) is 12.8 Å². The van der Waals surface area contributed by atoms with Gasteiger partial charge in [0.2, 0.25) is 5.91 Å². The number of aromatic nitrogens is 2. The van der Waals surface area contributed by atoms with Gasteiger partial charge in [-0.2, -0.15) is 5.10 Å². The Labute approximate surface area is 182 Å². The number of rotatable bonds is 8. The number of methoxy groups -OCH3 is 2. The molecule has 1 aliphatic heterocycles. The molecule has 1 aliphatic carbocycles. The fraction of sp³-hybridized carbons (Fsp3) is 0.522. The molecule has 8 nitrogen and oxygen atoms in total. The van der Waals surface area contributed by atoms with E-state index in [1.54, 1.807) is 49.4 Å². The molecular formula is C23H30N4O4. The van der Waals surface area contributed by atoms with Crippen molar-refractivity contribution in [3.05, 3.63) is 40.8 Å². The average Bonchev–Trinajstić information content (AvgIpc) is 3.59. The second kappa shape index (κ2) is 9.41. The van der Waals surface area contributed by atoms with Crippen LogP contribution >= 0.6 is 0 Å². The van der Waals surface area contributed by atoms with Gasteiger partial charge in [0.1, 0.15) is 11.5 Å². The molecule has 166 valence electrons. The third-order valence-corrected chi connectivity index (χ3v) is 6.02. The standard InChI is InChI=1S/C23H30N4O4/c1-30-19-7-8-21(31-2)20(12-19)25-22(28)10-17-4-3-9-26(14-17)18-11-23(29)27(24-13-18)15-16-5-6-16/h7-8,11-13,16-17H,3-6,9-10,14-15H2,1-2H3,(H,25,28). The summed E-state index contributed by atoms with van der Waals surface area (Å²) in [7, 11) is 3.16. The largest absolute Gasteiger partial charge is 0.497 e. The lowest BCUT2D eigenvalue weighted by Crippen LogP contribution is -2.38. The van der Waals surface area contributed by atoms with Crippen molar-refractivity contribution < 1.29 is 14.3 Å². The molecule has 2 aliphatic rings. The number of ether oxygens (including phenoxy) is 2. The van der Waals surface area contributed by atoms with Crippen molar-refractivity contribution in [3.63, 3.8) is 0 Å². The Balaban J connectivity index is 1.37. The number of anilines is 2. The van der Waals surface area contributed by atoms with E-state index in [1.807, 2.05) is 0 Å². The van der Waals surface area contributed by atoms with Crippen molar-refractivity contribution >= 4 is 17.3 Å². The summed E-state index contributed by atoms with van der Waals surface area (Å²) in [5.41, 5.74) is 1.40. The molecular weight excluding hydrogens is 396 g/mol. The Bertz CT molecular complexity index is 986. The quantitative estimate of drug-likeness (QED) is 0.699. The zero-order valence-corrected chi connectivity index (χ0v) is 18.2. The van der Waals surface area contributed by atoms with Gasteiger partial charge in [-0.15, -0.1) is 0 Å². The number of nitrogens with zero attached hydrogens (tertiary/aromatic N) is 3. The number of piperidine rings is 1. The monoisotopic (exact) mass is 426 g/mol. The van der Waals surface area contributed by atoms with Crippen molar-refractivity contribution in [2.75, 3.05) is 37.5 Å². The first kappa shape index (κ1) is 21.2. The summed E-state index contributed by atoms with van der Waals surface area (Å²) in [6, 6.07) is 7.00. The van der Waals surface area contributed by atoms with Gasteiger partial charge in [-0.05, 0) is 49.7 Å². The van der Waals surface area contributed by atoms with E-state index in [-0.39, 0.29) is 17.4 Å². The highest BCUT2D eigenvalue weighted by Crippen LogP contribution is 2.31. The second-order valence-electron chi connectivity index (χ2n) is 8.45. The lowest BCUT2D eigenvalue weighted by atomic mass is 9.94. The van der Waals surface area contributed by atoms with E-state index in [4.69, 9.17) is 9.47 Å². The number of carbonyl (C=O) groups is 1. The van der Waals surface area contributed by atoms with Crippen molar-refractivity contribution in [2.24, 2.45) is 11.8 Å². The average molecular weight is 427 g/mol. The molecule has 0 spiro atoms. The molecule has 0 bridgehead atoms. The maximum Gasteiger partial charge on any atom is 0.268 e. The van der Waals surface area contributed by atoms with E-state index < -0.39 is 0 Å². The molecule has 8 heteroatoms. The number of hydrogen-bond donors (Lipinski definition) is 1. The van der Waals surface area contributed by atoms with Crippen LogP contribution in [0.25, 0.3) is 0 Å². The number of benzene rings is 1. The molecule has 1 saturated heterocycles. The minimum atomic E-state index is -0.0589. The summed E-state index contributed by atoms with van der Waals surface area (Å²) in [5.74, 6) is 2.01. The fourth-order valence-corrected chi connectivity index (χ4v) is 4.12. The molecule has 2 heterocycles. The summed E-state index contributed by atoms with van der Waals surface area (Å²) in [6.45, 7) is 2.32. The molecule has 1 saturated carbocycles. The van der Waals surface area contributed by atoms with Gasteiger partial charge in [-0.1, -0.05) is 0 Å². The SMILES string of the molecule is COc1ccc(OC)c(NC(=O)CC2CCCN(c3cnn(CC4CC4)c(=O)c3)C2)c1. The first-order valence-electron chi connectivity index (χ1n) is 10.9. The van der Waals surface area contributed by atoms with Gasteiger partial charge < -0.3 is 19.7 Å². The molecule has 2 aromatic rings. The van der Waals surface area contributed by atoms with Gasteiger partial charge in [-0.25, -0.2) is 4.68 Å². The molecule has 1 atom stereocenters. The van der Waals surface area contributed by atoms with Gasteiger partial charge in [0.15, 0.2) is 0 Å². The van der Waals surface area contributed by atoms with Crippen molar-refractivity contribution in [3.8, 4) is 11.5 Å². The van der Waals surface area contributed by atoms with Gasteiger partial charge in [-0.3, -0.25) is 9.59 Å². The molecule has 1 amide bonds. The van der Waals surface area contributed by atoms with Crippen molar-refractivity contribution in [1.29, 1.82) is 0 Å². The molecule has 2 fully saturated rings. The number of carbonyl (C=O) groups excluding carboxylic acids is 1. The predicted octanol–water partition coefficient (Wildman–Crippen LogP) is 2.92. The highest BCUT2D eigenvalue weighted by atomic mass is 16.5. The van der Waals surface area contributed by atoms with E-state index in [0.717, 1.165) is 38.2 Å². The molecule has 0 radical (unpaired) electrons. The zero-order valence-electron chi connectivity index (χ0n) is 18.2. The van der Waals surface area contributed by atoms with Crippen LogP contribution in [0.4, 0.5) is 11.4 Å². The van der Waals surface area contributed by atoms with Gasteiger partial charge >= 0.3 is 0 Å². The molecule has 4 rings (SSSR count). The summed E-state index contributed by atoms with van der Waals surface area (Å²) in [4.78, 5) is 27.3. The Kier molecular flexibility index (Phi) is 6.44. The van der Waals surface area contributed by atoms with Crippen LogP contribution < -0.4 is 25.2 Å². The third kappa shape index (κ3) is 5.37. The van der Waals surface area contributed by atoms with E-state index in [0.29, 0.717) is 29.5 Å². The van der Waals surface area contributed by atoms with Crippen LogP contribution in [0.2, 0.25) is 0 Å². The fourth-order valence-electron chi connectivity index (χ4n) is 4.12. The highest BCUT2D eigenvalue weighted by Gasteiger charge is 2.25. The summed E-state index contributed by atoms with van der Waals surface area (Å²) < 4.78 is 12.2. The van der Waals surface area contributed by atoms with Crippen LogP contribution in [0.15, 0.2) is 35.3 Å². The second-order valence-corrected chi connectivity index (χ2v) is 8.45. The minimum absolute atomic E-state index is 0.0469. The number of hydrogen-bond acceptors (Lipinski definition) is 6. The third-order valence-electron chi connectivity index (χ3n) is 6.02. The van der Waals surface area contributed by atoms with Gasteiger partial charge in [0.25, 0.3) is 5.56 Å². The van der Waals surface area contributed by atoms with Gasteiger partial charge in [0, 0.05) is 38.2 Å². The minimum Gasteiger partial charge on any atom is -0.497 e. The predicted molar refractivity (Wildman–Crippen MR) is 119 cm³/mol. The number of amides is 1. The van der Waals surface area contributed by atoms with E-state index >= 15 is 0 Å². The molecule has 1 N–H and O–H groups in total. The zero-order chi connectivity index (χ0) is 21.8. The van der Waals surface area contributed by atoms with Crippen LogP contribution in [0, 0.1) is 11.8 Å². The van der Waals surface area contributed by atoms with Crippen LogP contribution in [-0.2, 0) is 11.3 Å². The maximum atomic E-state index is 12.7. The topological polar surface area (TPSA) is 85.7 Å². The van der Waals surface area contributed by atoms with E-state index in [9.17, 15) is 9.59 Å². The van der Waals surface area contributed by atoms with Crippen molar-refractivity contribution in [1.82, 2.24) is 9.78 Å². The maximum absolute atomic E-state index is 12.7. The normalized spacial score (nSPS) is 18.5. The summed E-state index contributed by atoms with van der Waals surface area (Å²) >= 11 is 0. The number of nitrogens with one attached hydrogen (secondary N) is 1. The molecule has 1 unspecified atom stereocenters. The first-order valence-corrected chi connectivity index (χ1v) is 10.9. The highest BCUT2D eigenvalue weighted by molar-refractivity contribution is 5.92. The lowest BCUT2D eigenvalue weighted by molar-refractivity contribution is -0.117. The Morgan fingerprint density at radius 3 is 2.71 bits per heavy atom. The Morgan fingerprint density at radius 2 is 2.00 bits per heavy atom. The molecule has 1 aromatic carbocycles. The molecule has 31 heavy (non-hydrogen) atoms. The first-order chi connectivity index (χ1) is 15.1. The van der Waals surface area contributed by atoms with Crippen LogP contribution in [0.5, 0.6) is 11.5 Å². The van der Waals surface area contributed by atoms with Crippen LogP contribution in [0.1, 0.15) is 32.1 Å². The van der Waals surface area contributed by atoms with Crippen molar-refractivity contribution in [2.45, 2.75) is 38.6 Å². The van der Waals surface area contributed by atoms with Gasteiger partial charge in [0.05, 0.1) is 31.8 Å². The van der Waals surface area contributed by atoms with Crippen LogP contribution in [0.3, 0.4) is 0 Å². The smallest absolute Gasteiger partial charge is 0.268 e. The summed E-state index contributed by atoms with van der Waals surface area (Å²) in [6.07, 6.45) is 6.52. The molecule has 1 aromatic heterocycles. The van der Waals surface area contributed by atoms with Crippen LogP contribution in [-0.4, -0.2) is 43.0 Å². The summed E-state index contributed by atoms with van der Waals surface area (Å²) in [5, 5.41) is 7.32. The van der Waals surface area contributed by atoms with E-state index in [2.05, 4.69) is 15.3 Å². The Hall–Kier alpha value is -3.03. The Morgan fingerprint density at radius 1 is 1.16 bits per heavy atom.